The van der Waals surface area contributed by atoms with E-state index in [0.717, 1.165) is 64.3 Å². The third-order valence-electron chi connectivity index (χ3n) is 6.63. The first-order chi connectivity index (χ1) is 17.8. The summed E-state index contributed by atoms with van der Waals surface area (Å²) in [6, 6.07) is 24.0. The molecule has 7 heteroatoms. The van der Waals surface area contributed by atoms with Gasteiger partial charge in [-0.2, -0.15) is 0 Å². The maximum absolute atomic E-state index is 12.9. The van der Waals surface area contributed by atoms with Crippen LogP contribution >= 0.6 is 11.3 Å². The summed E-state index contributed by atoms with van der Waals surface area (Å²) in [5, 5.41) is 6.31. The van der Waals surface area contributed by atoms with Crippen molar-refractivity contribution >= 4 is 39.0 Å². The molecule has 1 amide bonds. The molecule has 5 aromatic rings. The molecule has 6 rings (SSSR count). The monoisotopic (exact) mass is 491 g/mol. The molecule has 36 heavy (non-hydrogen) atoms. The maximum Gasteiger partial charge on any atom is 0.227 e. The highest BCUT2D eigenvalue weighted by Gasteiger charge is 2.28. The molecule has 6 nitrogen and oxygen atoms in total. The predicted molar refractivity (Wildman–Crippen MR) is 146 cm³/mol. The molecule has 1 aliphatic rings. The van der Waals surface area contributed by atoms with E-state index < -0.39 is 0 Å². The summed E-state index contributed by atoms with van der Waals surface area (Å²) in [6.07, 6.45) is 5.11. The highest BCUT2D eigenvalue weighted by Crippen LogP contribution is 2.40. The maximum atomic E-state index is 12.9. The largest absolute Gasteiger partial charge is 0.356 e. The molecule has 0 spiro atoms. The predicted octanol–water partition coefficient (Wildman–Crippen LogP) is 6.28. The van der Waals surface area contributed by atoms with Gasteiger partial charge in [0.2, 0.25) is 5.91 Å². The first kappa shape index (κ1) is 22.4. The quantitative estimate of drug-likeness (QED) is 0.313. The number of amides is 1. The SMILES string of the molecule is O=C(Nc1ccccc1)C1CCN(c2nc(-c3cccnc3)nc3scc(-c4ccccc4)c23)CC1. The molecule has 178 valence electrons. The number of nitrogens with one attached hydrogen (secondary N) is 1. The van der Waals surface area contributed by atoms with E-state index in [0.29, 0.717) is 5.82 Å². The summed E-state index contributed by atoms with van der Waals surface area (Å²) in [6.45, 7) is 1.52. The van der Waals surface area contributed by atoms with Crippen LogP contribution < -0.4 is 10.2 Å². The number of carbonyl (C=O) groups excluding carboxylic acids is 1. The Bertz CT molecular complexity index is 1480. The molecule has 1 saturated heterocycles. The summed E-state index contributed by atoms with van der Waals surface area (Å²) < 4.78 is 0. The van der Waals surface area contributed by atoms with Crippen LogP contribution in [-0.2, 0) is 4.79 Å². The molecule has 1 N–H and O–H groups in total. The van der Waals surface area contributed by atoms with Gasteiger partial charge in [-0.25, -0.2) is 9.97 Å². The van der Waals surface area contributed by atoms with E-state index in [1.54, 1.807) is 23.7 Å². The summed E-state index contributed by atoms with van der Waals surface area (Å²) in [5.41, 5.74) is 4.04. The van der Waals surface area contributed by atoms with Crippen LogP contribution in [0.2, 0.25) is 0 Å². The normalized spacial score (nSPS) is 14.2. The first-order valence-electron chi connectivity index (χ1n) is 12.1. The molecule has 1 fully saturated rings. The zero-order valence-corrected chi connectivity index (χ0v) is 20.5. The molecule has 2 aromatic carbocycles. The Morgan fingerprint density at radius 1 is 0.889 bits per heavy atom. The molecule has 0 bridgehead atoms. The lowest BCUT2D eigenvalue weighted by Crippen LogP contribution is -2.38. The third-order valence-corrected chi connectivity index (χ3v) is 7.50. The first-order valence-corrected chi connectivity index (χ1v) is 13.0. The van der Waals surface area contributed by atoms with Crippen LogP contribution in [-0.4, -0.2) is 33.9 Å². The van der Waals surface area contributed by atoms with Crippen molar-refractivity contribution in [3.8, 4) is 22.5 Å². The molecule has 0 aliphatic carbocycles. The van der Waals surface area contributed by atoms with Crippen LogP contribution in [0.4, 0.5) is 11.5 Å². The minimum atomic E-state index is -0.0207. The number of fused-ring (bicyclic) bond motifs is 1. The van der Waals surface area contributed by atoms with Crippen LogP contribution in [0.1, 0.15) is 12.8 Å². The molecule has 3 aromatic heterocycles. The van der Waals surface area contributed by atoms with Gasteiger partial charge in [-0.05, 0) is 42.7 Å². The zero-order chi connectivity index (χ0) is 24.3. The van der Waals surface area contributed by atoms with E-state index in [2.05, 4.69) is 44.8 Å². The van der Waals surface area contributed by atoms with Crippen LogP contribution in [0.15, 0.2) is 90.6 Å². The van der Waals surface area contributed by atoms with Crippen LogP contribution in [0, 0.1) is 5.92 Å². The third kappa shape index (κ3) is 4.45. The minimum Gasteiger partial charge on any atom is -0.356 e. The van der Waals surface area contributed by atoms with Gasteiger partial charge in [-0.15, -0.1) is 11.3 Å². The standard InChI is InChI=1S/C29H25N5OS/c35-28(31-23-11-5-2-6-12-23)21-13-16-34(17-14-21)27-25-24(20-8-3-1-4-9-20)19-36-29(25)33-26(32-27)22-10-7-15-30-18-22/h1-12,15,18-19,21H,13-14,16-17H2,(H,31,35). The number of nitrogens with zero attached hydrogens (tertiary/aromatic N) is 4. The van der Waals surface area contributed by atoms with Gasteiger partial charge in [0, 0.05) is 53.6 Å². The zero-order valence-electron chi connectivity index (χ0n) is 19.7. The minimum absolute atomic E-state index is 0.0207. The average Bonchev–Trinajstić information content (AvgIpc) is 3.38. The second-order valence-electron chi connectivity index (χ2n) is 8.92. The van der Waals surface area contributed by atoms with Crippen molar-refractivity contribution in [1.29, 1.82) is 0 Å². The fourth-order valence-electron chi connectivity index (χ4n) is 4.73. The highest BCUT2D eigenvalue weighted by molar-refractivity contribution is 7.17. The van der Waals surface area contributed by atoms with Crippen molar-refractivity contribution in [1.82, 2.24) is 15.0 Å². The number of piperidine rings is 1. The summed E-state index contributed by atoms with van der Waals surface area (Å²) in [5.74, 6) is 1.68. The lowest BCUT2D eigenvalue weighted by atomic mass is 9.95. The van der Waals surface area contributed by atoms with Crippen LogP contribution in [0.5, 0.6) is 0 Å². The molecular formula is C29H25N5OS. The van der Waals surface area contributed by atoms with E-state index in [9.17, 15) is 4.79 Å². The Morgan fingerprint density at radius 2 is 1.61 bits per heavy atom. The number of hydrogen-bond donors (Lipinski definition) is 1. The number of rotatable bonds is 5. The molecule has 0 unspecified atom stereocenters. The number of para-hydroxylation sites is 1. The lowest BCUT2D eigenvalue weighted by Gasteiger charge is -2.33. The van der Waals surface area contributed by atoms with Crippen molar-refractivity contribution in [2.45, 2.75) is 12.8 Å². The van der Waals surface area contributed by atoms with Gasteiger partial charge in [0.15, 0.2) is 5.82 Å². The lowest BCUT2D eigenvalue weighted by molar-refractivity contribution is -0.120. The second kappa shape index (κ2) is 9.87. The Balaban J connectivity index is 1.33. The number of carbonyl (C=O) groups is 1. The molecule has 0 saturated carbocycles. The molecular weight excluding hydrogens is 466 g/mol. The van der Waals surface area contributed by atoms with Gasteiger partial charge < -0.3 is 10.2 Å². The number of anilines is 2. The van der Waals surface area contributed by atoms with Gasteiger partial charge in [0.05, 0.1) is 5.39 Å². The van der Waals surface area contributed by atoms with Gasteiger partial charge >= 0.3 is 0 Å². The number of thiophene rings is 1. The average molecular weight is 492 g/mol. The number of benzene rings is 2. The second-order valence-corrected chi connectivity index (χ2v) is 9.78. The fourth-order valence-corrected chi connectivity index (χ4v) is 5.67. The molecule has 1 aliphatic heterocycles. The topological polar surface area (TPSA) is 71.0 Å². The van der Waals surface area contributed by atoms with E-state index in [4.69, 9.17) is 9.97 Å². The van der Waals surface area contributed by atoms with Crippen LogP contribution in [0.3, 0.4) is 0 Å². The Hall–Kier alpha value is -4.10. The summed E-state index contributed by atoms with van der Waals surface area (Å²) >= 11 is 1.64. The molecule has 4 heterocycles. The number of pyridine rings is 1. The van der Waals surface area contributed by atoms with E-state index >= 15 is 0 Å². The Kier molecular flexibility index (Phi) is 6.13. The van der Waals surface area contributed by atoms with Crippen molar-refractivity contribution in [3.05, 3.63) is 90.6 Å². The Morgan fingerprint density at radius 3 is 2.33 bits per heavy atom. The van der Waals surface area contributed by atoms with Gasteiger partial charge in [-0.3, -0.25) is 9.78 Å². The van der Waals surface area contributed by atoms with Crippen molar-refractivity contribution in [2.75, 3.05) is 23.3 Å². The molecule has 0 radical (unpaired) electrons. The Labute approximate surface area is 213 Å². The van der Waals surface area contributed by atoms with Crippen molar-refractivity contribution < 1.29 is 4.79 Å². The van der Waals surface area contributed by atoms with Gasteiger partial charge in [0.1, 0.15) is 10.6 Å². The van der Waals surface area contributed by atoms with Gasteiger partial charge in [-0.1, -0.05) is 48.5 Å². The van der Waals surface area contributed by atoms with E-state index in [1.807, 2.05) is 48.5 Å². The van der Waals surface area contributed by atoms with E-state index in [1.165, 1.54) is 0 Å². The number of hydrogen-bond acceptors (Lipinski definition) is 6. The smallest absolute Gasteiger partial charge is 0.227 e. The van der Waals surface area contributed by atoms with Crippen molar-refractivity contribution in [3.63, 3.8) is 0 Å². The fraction of sp³-hybridized carbons (Fsp3) is 0.172. The van der Waals surface area contributed by atoms with Crippen molar-refractivity contribution in [2.24, 2.45) is 5.92 Å². The van der Waals surface area contributed by atoms with Gasteiger partial charge in [0.25, 0.3) is 0 Å². The highest BCUT2D eigenvalue weighted by atomic mass is 32.1. The summed E-state index contributed by atoms with van der Waals surface area (Å²) in [7, 11) is 0. The van der Waals surface area contributed by atoms with Crippen LogP contribution in [0.25, 0.3) is 32.7 Å². The summed E-state index contributed by atoms with van der Waals surface area (Å²) in [4.78, 5) is 30.4. The molecule has 0 atom stereocenters. The number of aromatic nitrogens is 3. The van der Waals surface area contributed by atoms with E-state index in [-0.39, 0.29) is 11.8 Å².